The third kappa shape index (κ3) is 24.9. The first-order valence-electron chi connectivity index (χ1n) is 5.98. The molecule has 0 radical (unpaired) electrons. The summed E-state index contributed by atoms with van der Waals surface area (Å²) < 4.78 is 0. The molecule has 0 spiro atoms. The van der Waals surface area contributed by atoms with Crippen molar-refractivity contribution in [2.24, 2.45) is 11.3 Å². The van der Waals surface area contributed by atoms with Crippen LogP contribution >= 0.6 is 0 Å². The van der Waals surface area contributed by atoms with Gasteiger partial charge in [0, 0.05) is 0 Å². The van der Waals surface area contributed by atoms with Gasteiger partial charge < -0.3 is 0 Å². The van der Waals surface area contributed by atoms with Gasteiger partial charge >= 0.3 is 0 Å². The van der Waals surface area contributed by atoms with E-state index >= 15 is 0 Å². The third-order valence-electron chi connectivity index (χ3n) is 2.44. The molecule has 1 rings (SSSR count). The third-order valence-corrected chi connectivity index (χ3v) is 2.44. The highest BCUT2D eigenvalue weighted by Crippen LogP contribution is 2.27. The molecule has 0 heterocycles. The minimum Gasteiger partial charge on any atom is -0.0776 e. The van der Waals surface area contributed by atoms with Crippen LogP contribution in [0.4, 0.5) is 0 Å². The molecule has 1 atom stereocenters. The molecule has 0 aromatic rings. The zero-order valence-electron chi connectivity index (χ0n) is 10.9. The lowest BCUT2D eigenvalue weighted by Crippen LogP contribution is -2.15. The summed E-state index contributed by atoms with van der Waals surface area (Å²) in [5.74, 6) is 0.850. The predicted octanol–water partition coefficient (Wildman–Crippen LogP) is 6.55. The van der Waals surface area contributed by atoms with Crippen LogP contribution in [0.3, 0.4) is 0 Å². The van der Waals surface area contributed by atoms with Crippen LogP contribution < -0.4 is 0 Å². The minimum atomic E-state index is 0. The Morgan fingerprint density at radius 2 is 1.20 bits per heavy atom. The van der Waals surface area contributed by atoms with Gasteiger partial charge in [-0.3, -0.25) is 0 Å². The average Bonchev–Trinajstić information content (AvgIpc) is 2.91. The molecular weight excluding hydrogens is 180 g/mol. The van der Waals surface area contributed by atoms with Crippen molar-refractivity contribution in [3.05, 3.63) is 0 Å². The molecule has 1 aliphatic carbocycles. The first kappa shape index (κ1) is 24.3. The quantitative estimate of drug-likeness (QED) is 0.468. The molecule has 1 unspecified atom stereocenters. The molecule has 0 amide bonds. The van der Waals surface area contributed by atoms with E-state index in [1.54, 1.807) is 0 Å². The Balaban J connectivity index is -0.0000000730. The van der Waals surface area contributed by atoms with Gasteiger partial charge in [-0.2, -0.15) is 0 Å². The van der Waals surface area contributed by atoms with Gasteiger partial charge in [-0.25, -0.2) is 0 Å². The zero-order chi connectivity index (χ0) is 10.9. The summed E-state index contributed by atoms with van der Waals surface area (Å²) in [5, 5.41) is 0. The molecule has 1 aliphatic rings. The van der Waals surface area contributed by atoms with Gasteiger partial charge in [0.05, 0.1) is 0 Å². The van der Waals surface area contributed by atoms with Crippen molar-refractivity contribution in [3.8, 4) is 0 Å². The second-order valence-electron chi connectivity index (χ2n) is 4.74. The Bertz CT molecular complexity index is 81.9. The van der Waals surface area contributed by atoms with E-state index in [9.17, 15) is 0 Å². The van der Waals surface area contributed by atoms with Crippen LogP contribution in [0, 0.1) is 11.3 Å². The lowest BCUT2D eigenvalue weighted by atomic mass is 9.81. The summed E-state index contributed by atoms with van der Waals surface area (Å²) in [5.41, 5.74) is 0.509. The van der Waals surface area contributed by atoms with E-state index in [4.69, 9.17) is 0 Å². The maximum absolute atomic E-state index is 2.31. The van der Waals surface area contributed by atoms with Crippen LogP contribution in [0.15, 0.2) is 0 Å². The molecular formula is C15H38. The van der Waals surface area contributed by atoms with Gasteiger partial charge in [0.1, 0.15) is 0 Å². The fourth-order valence-electron chi connectivity index (χ4n) is 0.612. The number of hydrogen-bond acceptors (Lipinski definition) is 0. The average molecular weight is 218 g/mol. The van der Waals surface area contributed by atoms with E-state index in [0.717, 1.165) is 5.92 Å². The first-order chi connectivity index (χ1) is 5.98. The summed E-state index contributed by atoms with van der Waals surface area (Å²) in [6.07, 6.45) is 5.80. The molecule has 1 fully saturated rings. The van der Waals surface area contributed by atoms with Crippen LogP contribution in [0.25, 0.3) is 0 Å². The Morgan fingerprint density at radius 1 is 0.933 bits per heavy atom. The number of rotatable bonds is 1. The maximum Gasteiger partial charge on any atom is -0.0357 e. The Labute approximate surface area is 101 Å². The molecule has 0 aromatic carbocycles. The molecule has 15 heavy (non-hydrogen) atoms. The molecule has 0 bridgehead atoms. The first-order valence-corrected chi connectivity index (χ1v) is 5.98. The van der Waals surface area contributed by atoms with E-state index < -0.39 is 0 Å². The molecule has 0 saturated heterocycles. The molecule has 0 heteroatoms. The van der Waals surface area contributed by atoms with Crippen molar-refractivity contribution >= 4 is 0 Å². The molecule has 0 nitrogen and oxygen atoms in total. The predicted molar refractivity (Wildman–Crippen MR) is 77.6 cm³/mol. The van der Waals surface area contributed by atoms with Crippen LogP contribution in [-0.2, 0) is 0 Å². The van der Waals surface area contributed by atoms with E-state index in [2.05, 4.69) is 34.6 Å². The fourth-order valence-corrected chi connectivity index (χ4v) is 0.612. The molecule has 0 N–H and O–H groups in total. The molecule has 98 valence electrons. The van der Waals surface area contributed by atoms with Crippen molar-refractivity contribution in [3.63, 3.8) is 0 Å². The Hall–Kier alpha value is 0. The van der Waals surface area contributed by atoms with E-state index in [0.29, 0.717) is 5.41 Å². The van der Waals surface area contributed by atoms with Gasteiger partial charge in [-0.05, 0) is 11.3 Å². The van der Waals surface area contributed by atoms with Gasteiger partial charge in [0.15, 0.2) is 0 Å². The molecule has 0 aromatic heterocycles. The maximum atomic E-state index is 2.31. The van der Waals surface area contributed by atoms with Crippen LogP contribution in [0.5, 0.6) is 0 Å². The van der Waals surface area contributed by atoms with Crippen LogP contribution in [0.2, 0.25) is 0 Å². The van der Waals surface area contributed by atoms with Crippen molar-refractivity contribution in [1.82, 2.24) is 0 Å². The molecule has 1 saturated carbocycles. The summed E-state index contributed by atoms with van der Waals surface area (Å²) in [6, 6.07) is 0. The summed E-state index contributed by atoms with van der Waals surface area (Å²) in [4.78, 5) is 0. The Kier molecular flexibility index (Phi) is 22.7. The molecule has 0 aliphatic heterocycles. The van der Waals surface area contributed by atoms with Gasteiger partial charge in [-0.15, -0.1) is 0 Å². The SMILES string of the molecule is C.C.C1CC1.CC.CCC(C)C(C)(C)C. The summed E-state index contributed by atoms with van der Waals surface area (Å²) in [6.45, 7) is 15.4. The second kappa shape index (κ2) is 14.0. The standard InChI is InChI=1S/C8H18.C3H6.C2H6.2CH4/c1-6-7(2)8(3,4)5;1-2-3-1;1-2;;/h7H,6H2,1-5H3;1-3H2;1-2H3;2*1H4. The van der Waals surface area contributed by atoms with E-state index in [-0.39, 0.29) is 14.9 Å². The van der Waals surface area contributed by atoms with E-state index in [1.165, 1.54) is 25.7 Å². The normalized spacial score (nSPS) is 13.8. The smallest absolute Gasteiger partial charge is 0.0357 e. The van der Waals surface area contributed by atoms with E-state index in [1.807, 2.05) is 13.8 Å². The monoisotopic (exact) mass is 218 g/mol. The van der Waals surface area contributed by atoms with Crippen molar-refractivity contribution in [1.29, 1.82) is 0 Å². The number of hydrogen-bond donors (Lipinski definition) is 0. The van der Waals surface area contributed by atoms with Crippen LogP contribution in [-0.4, -0.2) is 0 Å². The second-order valence-corrected chi connectivity index (χ2v) is 4.74. The Morgan fingerprint density at radius 3 is 1.20 bits per heavy atom. The lowest BCUT2D eigenvalue weighted by molar-refractivity contribution is 0.254. The summed E-state index contributed by atoms with van der Waals surface area (Å²) >= 11 is 0. The largest absolute Gasteiger partial charge is 0.0776 e. The zero-order valence-corrected chi connectivity index (χ0v) is 10.9. The summed E-state index contributed by atoms with van der Waals surface area (Å²) in [7, 11) is 0. The minimum absolute atomic E-state index is 0. The van der Waals surface area contributed by atoms with Gasteiger partial charge in [0.25, 0.3) is 0 Å². The van der Waals surface area contributed by atoms with Crippen molar-refractivity contribution in [2.75, 3.05) is 0 Å². The van der Waals surface area contributed by atoms with Crippen molar-refractivity contribution in [2.45, 2.75) is 89.0 Å². The lowest BCUT2D eigenvalue weighted by Gasteiger charge is -2.25. The van der Waals surface area contributed by atoms with Crippen LogP contribution in [0.1, 0.15) is 89.0 Å². The van der Waals surface area contributed by atoms with Gasteiger partial charge in [-0.1, -0.05) is 89.0 Å². The van der Waals surface area contributed by atoms with Crippen molar-refractivity contribution < 1.29 is 0 Å². The fraction of sp³-hybridized carbons (Fsp3) is 1.00. The highest BCUT2D eigenvalue weighted by Gasteiger charge is 2.16. The highest BCUT2D eigenvalue weighted by molar-refractivity contribution is 4.67. The highest BCUT2D eigenvalue weighted by atomic mass is 14.2. The topological polar surface area (TPSA) is 0 Å². The van der Waals surface area contributed by atoms with Gasteiger partial charge in [0.2, 0.25) is 0 Å².